The van der Waals surface area contributed by atoms with Gasteiger partial charge in [0.2, 0.25) is 0 Å². The Hall–Kier alpha value is -0.330. The van der Waals surface area contributed by atoms with E-state index < -0.39 is 0 Å². The van der Waals surface area contributed by atoms with Crippen molar-refractivity contribution in [3.63, 3.8) is 0 Å². The fraction of sp³-hybridized carbons (Fsp3) is 0.308. The van der Waals surface area contributed by atoms with Crippen molar-refractivity contribution >= 4 is 52.2 Å². The lowest BCUT2D eigenvalue weighted by atomic mass is 10.2. The van der Waals surface area contributed by atoms with Crippen LogP contribution in [0.5, 0.6) is 0 Å². The Labute approximate surface area is 137 Å². The molecule has 0 saturated carbocycles. The molecular formula is C13H15Cl2NO2S2. The van der Waals surface area contributed by atoms with Crippen LogP contribution in [0.3, 0.4) is 0 Å². The Morgan fingerprint density at radius 1 is 1.40 bits per heavy atom. The number of halogens is 2. The van der Waals surface area contributed by atoms with E-state index in [9.17, 15) is 4.79 Å². The lowest BCUT2D eigenvalue weighted by Crippen LogP contribution is -2.16. The van der Waals surface area contributed by atoms with Crippen LogP contribution < -0.4 is 0 Å². The third-order valence-electron chi connectivity index (χ3n) is 2.22. The van der Waals surface area contributed by atoms with Crippen molar-refractivity contribution in [2.75, 3.05) is 20.7 Å². The molecule has 7 heteroatoms. The van der Waals surface area contributed by atoms with Gasteiger partial charge in [0, 0.05) is 26.1 Å². The maximum Gasteiger partial charge on any atom is 0.286 e. The number of rotatable bonds is 6. The summed E-state index contributed by atoms with van der Waals surface area (Å²) in [7, 11) is 3.36. The summed E-state index contributed by atoms with van der Waals surface area (Å²) < 4.78 is 5.24. The molecule has 0 aromatic heterocycles. The molecule has 0 spiro atoms. The van der Waals surface area contributed by atoms with Crippen molar-refractivity contribution in [3.05, 3.63) is 39.7 Å². The van der Waals surface area contributed by atoms with E-state index in [1.165, 1.54) is 16.9 Å². The SMILES string of the molecule is C=CSOCCc1cc(Cl)c(SC(=O)N(C)C)c(Cl)c1. The molecule has 0 aliphatic rings. The fourth-order valence-corrected chi connectivity index (χ4v) is 3.00. The summed E-state index contributed by atoms with van der Waals surface area (Å²) in [4.78, 5) is 13.7. The van der Waals surface area contributed by atoms with Crippen LogP contribution in [0.25, 0.3) is 0 Å². The second-order valence-electron chi connectivity index (χ2n) is 3.99. The van der Waals surface area contributed by atoms with Gasteiger partial charge in [0.05, 0.1) is 21.5 Å². The quantitative estimate of drug-likeness (QED) is 0.404. The fourth-order valence-electron chi connectivity index (χ4n) is 1.29. The summed E-state index contributed by atoms with van der Waals surface area (Å²) in [6, 6.07) is 3.61. The van der Waals surface area contributed by atoms with E-state index >= 15 is 0 Å². The summed E-state index contributed by atoms with van der Waals surface area (Å²) in [6.45, 7) is 4.08. The summed E-state index contributed by atoms with van der Waals surface area (Å²) in [5.74, 6) is 0. The molecule has 20 heavy (non-hydrogen) atoms. The van der Waals surface area contributed by atoms with Crippen molar-refractivity contribution in [2.24, 2.45) is 0 Å². The van der Waals surface area contributed by atoms with Crippen molar-refractivity contribution in [1.29, 1.82) is 0 Å². The van der Waals surface area contributed by atoms with Crippen LogP contribution in [0, 0.1) is 0 Å². The highest BCUT2D eigenvalue weighted by Crippen LogP contribution is 2.36. The molecule has 0 bridgehead atoms. The van der Waals surface area contributed by atoms with Gasteiger partial charge >= 0.3 is 0 Å². The molecule has 1 rings (SSSR count). The number of hydrogen-bond donors (Lipinski definition) is 0. The minimum atomic E-state index is -0.118. The monoisotopic (exact) mass is 351 g/mol. The maximum atomic E-state index is 11.7. The van der Waals surface area contributed by atoms with Gasteiger partial charge in [-0.25, -0.2) is 0 Å². The van der Waals surface area contributed by atoms with E-state index in [4.69, 9.17) is 27.4 Å². The van der Waals surface area contributed by atoms with Gasteiger partial charge in [-0.15, -0.1) is 0 Å². The minimum absolute atomic E-state index is 0.118. The third kappa shape index (κ3) is 5.58. The van der Waals surface area contributed by atoms with Crippen LogP contribution in [0.4, 0.5) is 4.79 Å². The standard InChI is InChI=1S/C13H15Cl2NO2S2/c1-4-19-18-6-5-9-7-10(14)12(11(15)8-9)20-13(17)16(2)3/h4,7-8H,1,5-6H2,2-3H3. The Kier molecular flexibility index (Phi) is 7.84. The Morgan fingerprint density at radius 3 is 2.50 bits per heavy atom. The van der Waals surface area contributed by atoms with Crippen molar-refractivity contribution in [2.45, 2.75) is 11.3 Å². The van der Waals surface area contributed by atoms with Gasteiger partial charge < -0.3 is 9.08 Å². The van der Waals surface area contributed by atoms with Crippen LogP contribution in [0.1, 0.15) is 5.56 Å². The van der Waals surface area contributed by atoms with Crippen LogP contribution in [0.2, 0.25) is 10.0 Å². The number of carbonyl (C=O) groups excluding carboxylic acids is 1. The van der Waals surface area contributed by atoms with Crippen LogP contribution in [-0.4, -0.2) is 30.8 Å². The van der Waals surface area contributed by atoms with E-state index in [0.717, 1.165) is 17.3 Å². The molecule has 0 radical (unpaired) electrons. The first kappa shape index (κ1) is 17.7. The zero-order valence-corrected chi connectivity index (χ0v) is 14.3. The van der Waals surface area contributed by atoms with Crippen molar-refractivity contribution < 1.29 is 8.98 Å². The van der Waals surface area contributed by atoms with E-state index in [0.29, 0.717) is 28.0 Å². The second kappa shape index (κ2) is 8.85. The van der Waals surface area contributed by atoms with Crippen LogP contribution in [-0.2, 0) is 10.6 Å². The highest BCUT2D eigenvalue weighted by molar-refractivity contribution is 8.13. The number of amides is 1. The maximum absolute atomic E-state index is 11.7. The molecule has 110 valence electrons. The van der Waals surface area contributed by atoms with E-state index in [2.05, 4.69) is 6.58 Å². The van der Waals surface area contributed by atoms with Gasteiger partial charge in [0.1, 0.15) is 0 Å². The molecule has 0 fully saturated rings. The molecule has 0 aliphatic heterocycles. The normalized spacial score (nSPS) is 10.4. The van der Waals surface area contributed by atoms with E-state index in [1.54, 1.807) is 31.6 Å². The first-order chi connectivity index (χ1) is 9.45. The van der Waals surface area contributed by atoms with Gasteiger partial charge in [-0.2, -0.15) is 0 Å². The van der Waals surface area contributed by atoms with Crippen molar-refractivity contribution in [1.82, 2.24) is 4.90 Å². The first-order valence-corrected chi connectivity index (χ1v) is 8.09. The van der Waals surface area contributed by atoms with E-state index in [-0.39, 0.29) is 5.24 Å². The number of carbonyl (C=O) groups is 1. The molecule has 0 saturated heterocycles. The summed E-state index contributed by atoms with van der Waals surface area (Å²) in [5.41, 5.74) is 0.964. The molecule has 0 heterocycles. The molecular weight excluding hydrogens is 337 g/mol. The predicted octanol–water partition coefficient (Wildman–Crippen LogP) is 5.12. The highest BCUT2D eigenvalue weighted by atomic mass is 35.5. The third-order valence-corrected chi connectivity index (χ3v) is 4.67. The van der Waals surface area contributed by atoms with Crippen LogP contribution in [0.15, 0.2) is 29.0 Å². The lowest BCUT2D eigenvalue weighted by molar-refractivity contribution is 0.241. The average molecular weight is 352 g/mol. The zero-order valence-electron chi connectivity index (χ0n) is 11.2. The minimum Gasteiger partial charge on any atom is -0.339 e. The number of nitrogens with zero attached hydrogens (tertiary/aromatic N) is 1. The van der Waals surface area contributed by atoms with Gasteiger partial charge in [-0.05, 0) is 41.3 Å². The zero-order chi connectivity index (χ0) is 15.1. The second-order valence-corrected chi connectivity index (χ2v) is 6.52. The topological polar surface area (TPSA) is 29.5 Å². The summed E-state index contributed by atoms with van der Waals surface area (Å²) in [5, 5.41) is 2.45. The average Bonchev–Trinajstić information content (AvgIpc) is 2.38. The molecule has 0 unspecified atom stereocenters. The molecule has 0 aliphatic carbocycles. The molecule has 0 atom stereocenters. The smallest absolute Gasteiger partial charge is 0.286 e. The molecule has 3 nitrogen and oxygen atoms in total. The number of hydrogen-bond acceptors (Lipinski definition) is 4. The largest absolute Gasteiger partial charge is 0.339 e. The van der Waals surface area contributed by atoms with Gasteiger partial charge in [0.25, 0.3) is 5.24 Å². The molecule has 0 N–H and O–H groups in total. The molecule has 1 aromatic carbocycles. The highest BCUT2D eigenvalue weighted by Gasteiger charge is 2.14. The Balaban J connectivity index is 2.75. The van der Waals surface area contributed by atoms with Gasteiger partial charge in [-0.1, -0.05) is 29.8 Å². The summed E-state index contributed by atoms with van der Waals surface area (Å²) in [6.07, 6.45) is 0.687. The predicted molar refractivity (Wildman–Crippen MR) is 88.8 cm³/mol. The van der Waals surface area contributed by atoms with Gasteiger partial charge in [0.15, 0.2) is 0 Å². The first-order valence-electron chi connectivity index (χ1n) is 5.72. The Bertz CT molecular complexity index is 472. The summed E-state index contributed by atoms with van der Waals surface area (Å²) >= 11 is 14.6. The number of benzene rings is 1. The Morgan fingerprint density at radius 2 is 2.00 bits per heavy atom. The number of thioether (sulfide) groups is 1. The van der Waals surface area contributed by atoms with Gasteiger partial charge in [-0.3, -0.25) is 4.79 Å². The van der Waals surface area contributed by atoms with Crippen molar-refractivity contribution in [3.8, 4) is 0 Å². The lowest BCUT2D eigenvalue weighted by Gasteiger charge is -2.12. The molecule has 1 amide bonds. The van der Waals surface area contributed by atoms with E-state index in [1.807, 2.05) is 0 Å². The van der Waals surface area contributed by atoms with Crippen LogP contribution >= 0.6 is 47.0 Å². The molecule has 1 aromatic rings.